The van der Waals surface area contributed by atoms with Crippen molar-refractivity contribution in [3.63, 3.8) is 0 Å². The highest BCUT2D eigenvalue weighted by Gasteiger charge is 2.17. The van der Waals surface area contributed by atoms with Gasteiger partial charge in [-0.1, -0.05) is 31.4 Å². The molecule has 1 aromatic carbocycles. The van der Waals surface area contributed by atoms with Gasteiger partial charge >= 0.3 is 0 Å². The summed E-state index contributed by atoms with van der Waals surface area (Å²) in [5.74, 6) is 1.65. The molecule has 0 bridgehead atoms. The molecule has 0 unspecified atom stereocenters. The van der Waals surface area contributed by atoms with Crippen LogP contribution in [0.4, 0.5) is 16.0 Å². The Morgan fingerprint density at radius 2 is 1.66 bits per heavy atom. The third kappa shape index (κ3) is 4.91. The van der Waals surface area contributed by atoms with Gasteiger partial charge in [0.25, 0.3) is 0 Å². The van der Waals surface area contributed by atoms with E-state index < -0.39 is 0 Å². The van der Waals surface area contributed by atoms with Crippen molar-refractivity contribution in [1.82, 2.24) is 15.3 Å². The predicted molar refractivity (Wildman–Crippen MR) is 128 cm³/mol. The maximum atomic E-state index is 13.5. The molecular weight excluding hydrogens is 401 g/mol. The molecule has 0 spiro atoms. The lowest BCUT2D eigenvalue weighted by Gasteiger charge is -2.29. The van der Waals surface area contributed by atoms with Gasteiger partial charge in [0, 0.05) is 44.0 Å². The fourth-order valence-electron chi connectivity index (χ4n) is 4.65. The van der Waals surface area contributed by atoms with E-state index in [4.69, 9.17) is 4.98 Å². The van der Waals surface area contributed by atoms with Gasteiger partial charge in [0.15, 0.2) is 0 Å². The zero-order valence-electron chi connectivity index (χ0n) is 18.4. The summed E-state index contributed by atoms with van der Waals surface area (Å²) in [7, 11) is 0. The second kappa shape index (κ2) is 9.65. The van der Waals surface area contributed by atoms with Crippen molar-refractivity contribution >= 4 is 11.6 Å². The Hall–Kier alpha value is -2.99. The topological polar surface area (TPSA) is 53.1 Å². The predicted octanol–water partition coefficient (Wildman–Crippen LogP) is 5.10. The average Bonchev–Trinajstić information content (AvgIpc) is 2.85. The lowest BCUT2D eigenvalue weighted by molar-refractivity contribution is 0.462. The van der Waals surface area contributed by atoms with Gasteiger partial charge in [-0.15, -0.1) is 0 Å². The first kappa shape index (κ1) is 20.9. The fraction of sp³-hybridized carbons (Fsp3) is 0.385. The van der Waals surface area contributed by atoms with Crippen LogP contribution in [-0.2, 0) is 0 Å². The molecular formula is C26H30FN5. The monoisotopic (exact) mass is 431 g/mol. The number of hydrogen-bond acceptors (Lipinski definition) is 5. The largest absolute Gasteiger partial charge is 0.367 e. The molecule has 6 heteroatoms. The highest BCUT2D eigenvalue weighted by atomic mass is 19.1. The van der Waals surface area contributed by atoms with Crippen molar-refractivity contribution in [3.05, 3.63) is 60.5 Å². The number of pyridine rings is 2. The summed E-state index contributed by atoms with van der Waals surface area (Å²) >= 11 is 0. The van der Waals surface area contributed by atoms with Crippen LogP contribution < -0.4 is 15.5 Å². The number of anilines is 2. The zero-order chi connectivity index (χ0) is 21.8. The summed E-state index contributed by atoms with van der Waals surface area (Å²) in [5.41, 5.74) is 3.98. The number of rotatable bonds is 5. The van der Waals surface area contributed by atoms with E-state index in [0.717, 1.165) is 60.2 Å². The van der Waals surface area contributed by atoms with Gasteiger partial charge in [-0.25, -0.2) is 14.4 Å². The molecule has 0 amide bonds. The Morgan fingerprint density at radius 3 is 2.44 bits per heavy atom. The van der Waals surface area contributed by atoms with E-state index in [-0.39, 0.29) is 5.82 Å². The van der Waals surface area contributed by atoms with Gasteiger partial charge in [0.2, 0.25) is 0 Å². The first-order chi connectivity index (χ1) is 15.7. The second-order valence-corrected chi connectivity index (χ2v) is 8.75. The summed E-state index contributed by atoms with van der Waals surface area (Å²) in [6.45, 7) is 3.74. The molecule has 166 valence electrons. The van der Waals surface area contributed by atoms with Crippen LogP contribution in [0.1, 0.15) is 32.1 Å². The van der Waals surface area contributed by atoms with Crippen molar-refractivity contribution in [2.75, 3.05) is 36.4 Å². The summed E-state index contributed by atoms with van der Waals surface area (Å²) < 4.78 is 13.5. The highest BCUT2D eigenvalue weighted by molar-refractivity contribution is 5.75. The summed E-state index contributed by atoms with van der Waals surface area (Å²) in [4.78, 5) is 11.9. The highest BCUT2D eigenvalue weighted by Crippen LogP contribution is 2.31. The van der Waals surface area contributed by atoms with Gasteiger partial charge in [-0.3, -0.25) is 0 Å². The molecule has 1 saturated heterocycles. The molecule has 1 aliphatic carbocycles. The van der Waals surface area contributed by atoms with E-state index in [1.807, 2.05) is 24.4 Å². The Balaban J connectivity index is 1.50. The first-order valence-corrected chi connectivity index (χ1v) is 11.7. The smallest absolute Gasteiger partial charge is 0.129 e. The van der Waals surface area contributed by atoms with E-state index in [2.05, 4.69) is 38.7 Å². The third-order valence-electron chi connectivity index (χ3n) is 6.44. The number of hydrogen-bond donors (Lipinski definition) is 2. The molecule has 3 heterocycles. The quantitative estimate of drug-likeness (QED) is 0.588. The number of halogens is 1. The normalized spacial score (nSPS) is 17.3. The van der Waals surface area contributed by atoms with Crippen LogP contribution >= 0.6 is 0 Å². The minimum Gasteiger partial charge on any atom is -0.367 e. The Bertz CT molecular complexity index is 1040. The lowest BCUT2D eigenvalue weighted by Crippen LogP contribution is -2.43. The number of benzene rings is 1. The van der Waals surface area contributed by atoms with Gasteiger partial charge in [0.05, 0.1) is 5.69 Å². The van der Waals surface area contributed by atoms with E-state index in [1.165, 1.54) is 44.2 Å². The van der Waals surface area contributed by atoms with Crippen LogP contribution in [0, 0.1) is 5.82 Å². The molecule has 0 radical (unpaired) electrons. The zero-order valence-corrected chi connectivity index (χ0v) is 18.4. The van der Waals surface area contributed by atoms with Crippen molar-refractivity contribution in [2.24, 2.45) is 0 Å². The van der Waals surface area contributed by atoms with E-state index in [1.54, 1.807) is 0 Å². The van der Waals surface area contributed by atoms with Crippen molar-refractivity contribution in [3.8, 4) is 22.4 Å². The number of aromatic nitrogens is 2. The van der Waals surface area contributed by atoms with Crippen LogP contribution in [0.15, 0.2) is 54.7 Å². The maximum Gasteiger partial charge on any atom is 0.129 e. The molecule has 1 aliphatic heterocycles. The molecule has 2 N–H and O–H groups in total. The van der Waals surface area contributed by atoms with Gasteiger partial charge in [0.1, 0.15) is 17.5 Å². The van der Waals surface area contributed by atoms with Crippen molar-refractivity contribution < 1.29 is 4.39 Å². The van der Waals surface area contributed by atoms with Crippen LogP contribution in [0.5, 0.6) is 0 Å². The minimum absolute atomic E-state index is 0.224. The Morgan fingerprint density at radius 1 is 0.875 bits per heavy atom. The molecule has 3 aromatic rings. The lowest BCUT2D eigenvalue weighted by atomic mass is 9.95. The van der Waals surface area contributed by atoms with Crippen LogP contribution in [0.3, 0.4) is 0 Å². The van der Waals surface area contributed by atoms with E-state index in [9.17, 15) is 4.39 Å². The molecule has 2 fully saturated rings. The van der Waals surface area contributed by atoms with Crippen molar-refractivity contribution in [1.29, 1.82) is 0 Å². The first-order valence-electron chi connectivity index (χ1n) is 11.7. The third-order valence-corrected chi connectivity index (χ3v) is 6.44. The van der Waals surface area contributed by atoms with E-state index in [0.29, 0.717) is 6.04 Å². The van der Waals surface area contributed by atoms with Crippen LogP contribution in [0.2, 0.25) is 0 Å². The summed E-state index contributed by atoms with van der Waals surface area (Å²) in [6, 6.07) is 15.5. The second-order valence-electron chi connectivity index (χ2n) is 8.75. The SMILES string of the molecule is Fc1ccc(-c2cc(-c3ccnc(NC4CCCCC4)c3)nc(N3CCNCC3)c2)cc1. The van der Waals surface area contributed by atoms with Crippen LogP contribution in [0.25, 0.3) is 22.4 Å². The van der Waals surface area contributed by atoms with E-state index >= 15 is 0 Å². The molecule has 2 aliphatic rings. The minimum atomic E-state index is -0.224. The number of nitrogens with zero attached hydrogens (tertiary/aromatic N) is 3. The van der Waals surface area contributed by atoms with Gasteiger partial charge in [-0.05, 0) is 60.4 Å². The average molecular weight is 432 g/mol. The Kier molecular flexibility index (Phi) is 6.30. The summed E-state index contributed by atoms with van der Waals surface area (Å²) in [6.07, 6.45) is 8.17. The van der Waals surface area contributed by atoms with Gasteiger partial charge < -0.3 is 15.5 Å². The molecule has 32 heavy (non-hydrogen) atoms. The standard InChI is InChI=1S/C26H30FN5/c27-22-8-6-19(7-9-22)21-16-24(31-26(18-21)32-14-12-28-13-15-32)20-10-11-29-25(17-20)30-23-4-2-1-3-5-23/h6-11,16-18,23,28H,1-5,12-15H2,(H,29,30). The summed E-state index contributed by atoms with van der Waals surface area (Å²) in [5, 5.41) is 7.02. The molecule has 2 aromatic heterocycles. The molecule has 5 nitrogen and oxygen atoms in total. The van der Waals surface area contributed by atoms with Gasteiger partial charge in [-0.2, -0.15) is 0 Å². The molecule has 1 saturated carbocycles. The number of piperazine rings is 1. The molecule has 0 atom stereocenters. The Labute approximate surface area is 189 Å². The maximum absolute atomic E-state index is 13.5. The van der Waals surface area contributed by atoms with Crippen LogP contribution in [-0.4, -0.2) is 42.2 Å². The number of nitrogens with one attached hydrogen (secondary N) is 2. The van der Waals surface area contributed by atoms with Crippen molar-refractivity contribution in [2.45, 2.75) is 38.1 Å². The molecule has 5 rings (SSSR count). The fourth-order valence-corrected chi connectivity index (χ4v) is 4.65.